The lowest BCUT2D eigenvalue weighted by atomic mass is 10.1. The van der Waals surface area contributed by atoms with Gasteiger partial charge in [-0.1, -0.05) is 29.3 Å². The lowest BCUT2D eigenvalue weighted by molar-refractivity contribution is 0.657. The summed E-state index contributed by atoms with van der Waals surface area (Å²) in [4.78, 5) is 4.27. The Balaban J connectivity index is 2.47. The van der Waals surface area contributed by atoms with E-state index >= 15 is 0 Å². The van der Waals surface area contributed by atoms with Crippen molar-refractivity contribution in [3.8, 4) is 0 Å². The van der Waals surface area contributed by atoms with Crippen molar-refractivity contribution in [3.63, 3.8) is 0 Å². The van der Waals surface area contributed by atoms with Crippen LogP contribution >= 0.6 is 23.2 Å². The van der Waals surface area contributed by atoms with Crippen molar-refractivity contribution in [1.82, 2.24) is 9.55 Å². The Kier molecular flexibility index (Phi) is 3.72. The number of aryl methyl sites for hydroxylation is 1. The molecule has 3 nitrogen and oxygen atoms in total. The third kappa shape index (κ3) is 2.32. The van der Waals surface area contributed by atoms with E-state index in [4.69, 9.17) is 28.9 Å². The summed E-state index contributed by atoms with van der Waals surface area (Å²) in [5, 5.41) is 1.13. The minimum Gasteiger partial charge on any atom is -0.334 e. The number of nitrogens with two attached hydrogens (primary N) is 1. The van der Waals surface area contributed by atoms with Gasteiger partial charge in [-0.2, -0.15) is 0 Å². The van der Waals surface area contributed by atoms with Crippen LogP contribution in [0.1, 0.15) is 24.4 Å². The van der Waals surface area contributed by atoms with Gasteiger partial charge in [0, 0.05) is 34.5 Å². The van der Waals surface area contributed by atoms with Crippen LogP contribution in [0.2, 0.25) is 10.0 Å². The quantitative estimate of drug-likeness (QED) is 0.930. The van der Waals surface area contributed by atoms with Crippen molar-refractivity contribution in [2.45, 2.75) is 19.5 Å². The van der Waals surface area contributed by atoms with E-state index in [1.165, 1.54) is 0 Å². The highest BCUT2D eigenvalue weighted by Gasteiger charge is 2.19. The van der Waals surface area contributed by atoms with E-state index in [1.54, 1.807) is 24.4 Å². The summed E-state index contributed by atoms with van der Waals surface area (Å²) in [6.45, 7) is 2.84. The van der Waals surface area contributed by atoms with Gasteiger partial charge in [0.25, 0.3) is 0 Å². The number of hydrogen-bond donors (Lipinski definition) is 1. The number of nitrogens with zero attached hydrogens (tertiary/aromatic N) is 2. The van der Waals surface area contributed by atoms with Gasteiger partial charge in [0.2, 0.25) is 0 Å². The fraction of sp³-hybridized carbons (Fsp3) is 0.250. The molecule has 1 heterocycles. The van der Waals surface area contributed by atoms with Crippen LogP contribution < -0.4 is 5.73 Å². The molecule has 17 heavy (non-hydrogen) atoms. The first-order valence-electron chi connectivity index (χ1n) is 5.35. The third-order valence-corrected chi connectivity index (χ3v) is 3.34. The summed E-state index contributed by atoms with van der Waals surface area (Å²) in [7, 11) is 0. The molecular formula is C12H13Cl2N3. The van der Waals surface area contributed by atoms with Gasteiger partial charge in [-0.05, 0) is 19.1 Å². The van der Waals surface area contributed by atoms with Gasteiger partial charge in [0.15, 0.2) is 0 Å². The van der Waals surface area contributed by atoms with Gasteiger partial charge in [-0.15, -0.1) is 0 Å². The lowest BCUT2D eigenvalue weighted by Gasteiger charge is -2.16. The highest BCUT2D eigenvalue weighted by molar-refractivity contribution is 6.36. The molecule has 1 aromatic heterocycles. The lowest BCUT2D eigenvalue weighted by Crippen LogP contribution is -2.18. The third-order valence-electron chi connectivity index (χ3n) is 2.68. The molecule has 0 bridgehead atoms. The van der Waals surface area contributed by atoms with Crippen LogP contribution in [0, 0.1) is 0 Å². The fourth-order valence-electron chi connectivity index (χ4n) is 1.80. The maximum atomic E-state index is 6.19. The molecule has 0 amide bonds. The molecule has 1 atom stereocenters. The fourth-order valence-corrected chi connectivity index (χ4v) is 2.44. The maximum Gasteiger partial charge on any atom is 0.130 e. The number of benzene rings is 1. The minimum atomic E-state index is -0.411. The Hall–Kier alpha value is -1.03. The predicted molar refractivity (Wildman–Crippen MR) is 70.4 cm³/mol. The topological polar surface area (TPSA) is 43.8 Å². The maximum absolute atomic E-state index is 6.19. The Morgan fingerprint density at radius 3 is 2.59 bits per heavy atom. The molecule has 1 unspecified atom stereocenters. The highest BCUT2D eigenvalue weighted by Crippen LogP contribution is 2.31. The molecule has 0 aliphatic heterocycles. The van der Waals surface area contributed by atoms with Gasteiger partial charge in [-0.25, -0.2) is 4.98 Å². The van der Waals surface area contributed by atoms with Crippen molar-refractivity contribution >= 4 is 23.2 Å². The first-order chi connectivity index (χ1) is 8.15. The summed E-state index contributed by atoms with van der Waals surface area (Å²) < 4.78 is 1.98. The van der Waals surface area contributed by atoms with Gasteiger partial charge >= 0.3 is 0 Å². The molecule has 1 aromatic carbocycles. The zero-order valence-corrected chi connectivity index (χ0v) is 10.9. The van der Waals surface area contributed by atoms with Crippen LogP contribution in [0.15, 0.2) is 30.6 Å². The van der Waals surface area contributed by atoms with Crippen LogP contribution in [-0.4, -0.2) is 9.55 Å². The molecule has 0 aliphatic carbocycles. The van der Waals surface area contributed by atoms with Gasteiger partial charge in [0.1, 0.15) is 5.82 Å². The summed E-state index contributed by atoms with van der Waals surface area (Å²) in [6.07, 6.45) is 3.61. The van der Waals surface area contributed by atoms with Crippen molar-refractivity contribution in [3.05, 3.63) is 52.0 Å². The van der Waals surface area contributed by atoms with E-state index < -0.39 is 6.04 Å². The largest absolute Gasteiger partial charge is 0.334 e. The summed E-state index contributed by atoms with van der Waals surface area (Å²) in [5.74, 6) is 0.766. The molecule has 2 aromatic rings. The monoisotopic (exact) mass is 269 g/mol. The molecule has 5 heteroatoms. The van der Waals surface area contributed by atoms with E-state index in [1.807, 2.05) is 17.7 Å². The standard InChI is InChI=1S/C12H13Cl2N3/c1-2-17-7-6-16-12(17)11(15)10-8(13)4-3-5-9(10)14/h3-7,11H,2,15H2,1H3. The van der Waals surface area contributed by atoms with Crippen LogP contribution in [0.25, 0.3) is 0 Å². The smallest absolute Gasteiger partial charge is 0.130 e. The summed E-state index contributed by atoms with van der Waals surface area (Å²) in [5.41, 5.74) is 6.91. The molecule has 2 N–H and O–H groups in total. The first kappa shape index (κ1) is 12.4. The summed E-state index contributed by atoms with van der Waals surface area (Å²) in [6, 6.07) is 4.95. The second-order valence-electron chi connectivity index (χ2n) is 3.68. The van der Waals surface area contributed by atoms with Gasteiger partial charge in [-0.3, -0.25) is 0 Å². The van der Waals surface area contributed by atoms with Crippen LogP contribution in [0.4, 0.5) is 0 Å². The normalized spacial score (nSPS) is 12.7. The molecule has 0 aliphatic rings. The average molecular weight is 270 g/mol. The molecule has 0 radical (unpaired) electrons. The molecule has 0 saturated carbocycles. The highest BCUT2D eigenvalue weighted by atomic mass is 35.5. The van der Waals surface area contributed by atoms with E-state index in [2.05, 4.69) is 4.98 Å². The van der Waals surface area contributed by atoms with Crippen molar-refractivity contribution < 1.29 is 0 Å². The molecular weight excluding hydrogens is 257 g/mol. The van der Waals surface area contributed by atoms with Gasteiger partial charge in [0.05, 0.1) is 6.04 Å². The Morgan fingerprint density at radius 2 is 2.00 bits per heavy atom. The number of aromatic nitrogens is 2. The van der Waals surface area contributed by atoms with Crippen LogP contribution in [0.5, 0.6) is 0 Å². The number of hydrogen-bond acceptors (Lipinski definition) is 2. The molecule has 0 fully saturated rings. The van der Waals surface area contributed by atoms with E-state index in [0.717, 1.165) is 17.9 Å². The Bertz CT molecular complexity index is 502. The average Bonchev–Trinajstić information content (AvgIpc) is 2.76. The second-order valence-corrected chi connectivity index (χ2v) is 4.50. The Morgan fingerprint density at radius 1 is 1.35 bits per heavy atom. The van der Waals surface area contributed by atoms with Crippen molar-refractivity contribution in [2.75, 3.05) is 0 Å². The molecule has 2 rings (SSSR count). The molecule has 0 saturated heterocycles. The zero-order chi connectivity index (χ0) is 12.4. The van der Waals surface area contributed by atoms with Crippen LogP contribution in [-0.2, 0) is 6.54 Å². The van der Waals surface area contributed by atoms with E-state index in [0.29, 0.717) is 10.0 Å². The Labute approximate surface area is 110 Å². The number of rotatable bonds is 3. The molecule has 90 valence electrons. The second kappa shape index (κ2) is 5.08. The van der Waals surface area contributed by atoms with Crippen molar-refractivity contribution in [2.24, 2.45) is 5.73 Å². The molecule has 0 spiro atoms. The first-order valence-corrected chi connectivity index (χ1v) is 6.11. The van der Waals surface area contributed by atoms with Gasteiger partial charge < -0.3 is 10.3 Å². The van der Waals surface area contributed by atoms with Crippen molar-refractivity contribution in [1.29, 1.82) is 0 Å². The van der Waals surface area contributed by atoms with Crippen LogP contribution in [0.3, 0.4) is 0 Å². The zero-order valence-electron chi connectivity index (χ0n) is 9.40. The SMILES string of the molecule is CCn1ccnc1C(N)c1c(Cl)cccc1Cl. The predicted octanol–water partition coefficient (Wildman–Crippen LogP) is 3.26. The minimum absolute atomic E-state index is 0.411. The van der Waals surface area contributed by atoms with E-state index in [9.17, 15) is 0 Å². The number of halogens is 2. The van der Waals surface area contributed by atoms with E-state index in [-0.39, 0.29) is 0 Å². The summed E-state index contributed by atoms with van der Waals surface area (Å²) >= 11 is 12.3. The number of imidazole rings is 1.